The van der Waals surface area contributed by atoms with Crippen LogP contribution < -0.4 is 5.32 Å². The summed E-state index contributed by atoms with van der Waals surface area (Å²) in [5, 5.41) is 21.2. The van der Waals surface area contributed by atoms with Crippen LogP contribution in [0.1, 0.15) is 103 Å². The summed E-state index contributed by atoms with van der Waals surface area (Å²) in [6, 6.07) is 0.156. The SMILES string of the molecule is CCCCCCCC/C=C\CCCCCCCCC(CO)NCCO. The Labute approximate surface area is 157 Å². The van der Waals surface area contributed by atoms with E-state index < -0.39 is 0 Å². The molecular weight excluding hydrogens is 310 g/mol. The Bertz CT molecular complexity index is 269. The van der Waals surface area contributed by atoms with Gasteiger partial charge in [-0.25, -0.2) is 0 Å². The summed E-state index contributed by atoms with van der Waals surface area (Å²) in [7, 11) is 0. The largest absolute Gasteiger partial charge is 0.395 e. The van der Waals surface area contributed by atoms with Crippen molar-refractivity contribution in [3.63, 3.8) is 0 Å². The molecule has 1 unspecified atom stereocenters. The van der Waals surface area contributed by atoms with Gasteiger partial charge in [-0.05, 0) is 32.1 Å². The van der Waals surface area contributed by atoms with Crippen LogP contribution in [0.2, 0.25) is 0 Å². The third-order valence-electron chi connectivity index (χ3n) is 4.83. The fourth-order valence-corrected chi connectivity index (χ4v) is 3.16. The normalized spacial score (nSPS) is 12.9. The molecule has 0 bridgehead atoms. The Kier molecular flexibility index (Phi) is 21.3. The highest BCUT2D eigenvalue weighted by Gasteiger charge is 2.05. The van der Waals surface area contributed by atoms with Gasteiger partial charge in [0.15, 0.2) is 0 Å². The van der Waals surface area contributed by atoms with Gasteiger partial charge in [0.2, 0.25) is 0 Å². The highest BCUT2D eigenvalue weighted by molar-refractivity contribution is 4.81. The minimum Gasteiger partial charge on any atom is -0.395 e. The molecule has 0 saturated carbocycles. The zero-order chi connectivity index (χ0) is 18.4. The third kappa shape index (κ3) is 19.8. The monoisotopic (exact) mass is 355 g/mol. The van der Waals surface area contributed by atoms with Crippen molar-refractivity contribution >= 4 is 0 Å². The van der Waals surface area contributed by atoms with Crippen molar-refractivity contribution in [1.82, 2.24) is 5.32 Å². The summed E-state index contributed by atoms with van der Waals surface area (Å²) < 4.78 is 0. The molecule has 3 heteroatoms. The molecule has 1 atom stereocenters. The summed E-state index contributed by atoms with van der Waals surface area (Å²) in [5.41, 5.74) is 0. The molecule has 0 saturated heterocycles. The lowest BCUT2D eigenvalue weighted by Crippen LogP contribution is -2.34. The lowest BCUT2D eigenvalue weighted by molar-refractivity contribution is 0.217. The van der Waals surface area contributed by atoms with E-state index in [1.165, 1.54) is 89.9 Å². The quantitative estimate of drug-likeness (QED) is 0.204. The molecule has 0 aliphatic rings. The summed E-state index contributed by atoms with van der Waals surface area (Å²) >= 11 is 0. The number of hydrogen-bond acceptors (Lipinski definition) is 3. The van der Waals surface area contributed by atoms with Crippen molar-refractivity contribution in [1.29, 1.82) is 0 Å². The van der Waals surface area contributed by atoms with Gasteiger partial charge in [-0.3, -0.25) is 0 Å². The van der Waals surface area contributed by atoms with E-state index in [9.17, 15) is 5.11 Å². The summed E-state index contributed by atoms with van der Waals surface area (Å²) in [4.78, 5) is 0. The van der Waals surface area contributed by atoms with Crippen LogP contribution in [0.4, 0.5) is 0 Å². The summed E-state index contributed by atoms with van der Waals surface area (Å²) in [6.45, 7) is 3.17. The van der Waals surface area contributed by atoms with Gasteiger partial charge in [-0.2, -0.15) is 0 Å². The van der Waals surface area contributed by atoms with Gasteiger partial charge in [-0.1, -0.05) is 83.3 Å². The number of aliphatic hydroxyl groups is 2. The molecule has 0 radical (unpaired) electrons. The van der Waals surface area contributed by atoms with Crippen LogP contribution in [0.5, 0.6) is 0 Å². The summed E-state index contributed by atoms with van der Waals surface area (Å²) in [5.74, 6) is 0. The number of rotatable bonds is 20. The number of nitrogens with one attached hydrogen (secondary N) is 1. The molecule has 0 amide bonds. The van der Waals surface area contributed by atoms with E-state index in [1.54, 1.807) is 0 Å². The zero-order valence-corrected chi connectivity index (χ0v) is 16.9. The van der Waals surface area contributed by atoms with Crippen molar-refractivity contribution in [3.8, 4) is 0 Å². The maximum absolute atomic E-state index is 9.23. The van der Waals surface area contributed by atoms with Crippen LogP contribution in [-0.4, -0.2) is 36.0 Å². The van der Waals surface area contributed by atoms with Gasteiger partial charge in [-0.15, -0.1) is 0 Å². The molecule has 0 aliphatic carbocycles. The van der Waals surface area contributed by atoms with Gasteiger partial charge >= 0.3 is 0 Å². The van der Waals surface area contributed by atoms with Crippen molar-refractivity contribution < 1.29 is 10.2 Å². The molecule has 0 aromatic carbocycles. The van der Waals surface area contributed by atoms with E-state index >= 15 is 0 Å². The average Bonchev–Trinajstić information content (AvgIpc) is 2.63. The molecule has 0 heterocycles. The van der Waals surface area contributed by atoms with Crippen LogP contribution >= 0.6 is 0 Å². The number of allylic oxidation sites excluding steroid dienone is 2. The van der Waals surface area contributed by atoms with Gasteiger partial charge in [0.05, 0.1) is 13.2 Å². The van der Waals surface area contributed by atoms with E-state index in [-0.39, 0.29) is 19.3 Å². The maximum Gasteiger partial charge on any atom is 0.0584 e. The van der Waals surface area contributed by atoms with Crippen LogP contribution in [0.3, 0.4) is 0 Å². The topological polar surface area (TPSA) is 52.5 Å². The lowest BCUT2D eigenvalue weighted by atomic mass is 10.0. The van der Waals surface area contributed by atoms with Crippen molar-refractivity contribution in [2.24, 2.45) is 0 Å². The third-order valence-corrected chi connectivity index (χ3v) is 4.83. The zero-order valence-electron chi connectivity index (χ0n) is 16.9. The summed E-state index contributed by atoms with van der Waals surface area (Å²) in [6.07, 6.45) is 24.3. The van der Waals surface area contributed by atoms with E-state index in [1.807, 2.05) is 0 Å². The minimum absolute atomic E-state index is 0.143. The molecular formula is C22H45NO2. The molecule has 3 nitrogen and oxygen atoms in total. The maximum atomic E-state index is 9.23. The first kappa shape index (κ1) is 24.6. The van der Waals surface area contributed by atoms with Crippen molar-refractivity contribution in [2.45, 2.75) is 109 Å². The van der Waals surface area contributed by atoms with Crippen LogP contribution in [-0.2, 0) is 0 Å². The molecule has 0 aromatic rings. The average molecular weight is 356 g/mol. The fraction of sp³-hybridized carbons (Fsp3) is 0.909. The van der Waals surface area contributed by atoms with E-state index in [4.69, 9.17) is 5.11 Å². The highest BCUT2D eigenvalue weighted by Crippen LogP contribution is 2.11. The smallest absolute Gasteiger partial charge is 0.0584 e. The number of aliphatic hydroxyl groups excluding tert-OH is 2. The lowest BCUT2D eigenvalue weighted by Gasteiger charge is -2.15. The second-order valence-corrected chi connectivity index (χ2v) is 7.28. The Morgan fingerprint density at radius 1 is 0.720 bits per heavy atom. The molecule has 0 fully saturated rings. The molecule has 0 spiro atoms. The first-order valence-electron chi connectivity index (χ1n) is 10.9. The molecule has 0 aliphatic heterocycles. The van der Waals surface area contributed by atoms with Crippen LogP contribution in [0.15, 0.2) is 12.2 Å². The van der Waals surface area contributed by atoms with Gasteiger partial charge < -0.3 is 15.5 Å². The Hall–Kier alpha value is -0.380. The number of unbranched alkanes of at least 4 members (excludes halogenated alkanes) is 12. The molecule has 0 aromatic heterocycles. The van der Waals surface area contributed by atoms with Gasteiger partial charge in [0.1, 0.15) is 0 Å². The van der Waals surface area contributed by atoms with E-state index in [0.717, 1.165) is 6.42 Å². The minimum atomic E-state index is 0.143. The predicted octanol–water partition coefficient (Wildman–Crippen LogP) is 5.36. The molecule has 0 rings (SSSR count). The van der Waals surface area contributed by atoms with Crippen LogP contribution in [0.25, 0.3) is 0 Å². The first-order chi connectivity index (χ1) is 12.3. The number of hydrogen-bond donors (Lipinski definition) is 3. The van der Waals surface area contributed by atoms with E-state index in [2.05, 4.69) is 24.4 Å². The van der Waals surface area contributed by atoms with Crippen LogP contribution in [0, 0.1) is 0 Å². The van der Waals surface area contributed by atoms with Gasteiger partial charge in [0, 0.05) is 12.6 Å². The Balaban J connectivity index is 3.21. The molecule has 150 valence electrons. The molecule has 3 N–H and O–H groups in total. The van der Waals surface area contributed by atoms with Crippen molar-refractivity contribution in [3.05, 3.63) is 12.2 Å². The first-order valence-corrected chi connectivity index (χ1v) is 10.9. The van der Waals surface area contributed by atoms with E-state index in [0.29, 0.717) is 6.54 Å². The second kappa shape index (κ2) is 21.7. The van der Waals surface area contributed by atoms with Gasteiger partial charge in [0.25, 0.3) is 0 Å². The Morgan fingerprint density at radius 3 is 1.76 bits per heavy atom. The fourth-order valence-electron chi connectivity index (χ4n) is 3.16. The molecule has 25 heavy (non-hydrogen) atoms. The highest BCUT2D eigenvalue weighted by atomic mass is 16.3. The second-order valence-electron chi connectivity index (χ2n) is 7.28. The van der Waals surface area contributed by atoms with Crippen molar-refractivity contribution in [2.75, 3.05) is 19.8 Å². The predicted molar refractivity (Wildman–Crippen MR) is 110 cm³/mol. The standard InChI is InChI=1S/C22H45NO2/c1-2-3-4-5-6-7-8-9-10-11-12-13-14-15-16-17-18-22(21-25)23-19-20-24/h9-10,22-25H,2-8,11-21H2,1H3/b10-9-. The Morgan fingerprint density at radius 2 is 1.24 bits per heavy atom.